The molecule has 18 heavy (non-hydrogen) atoms. The lowest BCUT2D eigenvalue weighted by Gasteiger charge is -2.18. The Morgan fingerprint density at radius 1 is 1.28 bits per heavy atom. The van der Waals surface area contributed by atoms with Gasteiger partial charge in [-0.05, 0) is 50.3 Å². The Morgan fingerprint density at radius 2 is 2.06 bits per heavy atom. The van der Waals surface area contributed by atoms with Gasteiger partial charge in [-0.2, -0.15) is 16.9 Å². The van der Waals surface area contributed by atoms with Gasteiger partial charge in [0.2, 0.25) is 0 Å². The standard InChI is InChI=1S/C15H20N2S/c1-5-12-7-6-8-13(11-12)17-10-9-14(16-17)15(2,3)18-4/h6-11H,5H2,1-4H3. The highest BCUT2D eigenvalue weighted by molar-refractivity contribution is 7.99. The van der Waals surface area contributed by atoms with Gasteiger partial charge in [0, 0.05) is 6.20 Å². The number of nitrogens with zero attached hydrogens (tertiary/aromatic N) is 2. The molecular weight excluding hydrogens is 240 g/mol. The van der Waals surface area contributed by atoms with Crippen molar-refractivity contribution in [2.75, 3.05) is 6.26 Å². The van der Waals surface area contributed by atoms with Crippen LogP contribution in [0.2, 0.25) is 0 Å². The third kappa shape index (κ3) is 2.61. The minimum Gasteiger partial charge on any atom is -0.241 e. The third-order valence-corrected chi connectivity index (χ3v) is 4.53. The summed E-state index contributed by atoms with van der Waals surface area (Å²) in [5.41, 5.74) is 3.60. The average molecular weight is 260 g/mol. The molecule has 96 valence electrons. The Morgan fingerprint density at radius 3 is 2.72 bits per heavy atom. The van der Waals surface area contributed by atoms with E-state index < -0.39 is 0 Å². The molecule has 0 fully saturated rings. The van der Waals surface area contributed by atoms with Crippen molar-refractivity contribution >= 4 is 11.8 Å². The van der Waals surface area contributed by atoms with Crippen molar-refractivity contribution in [3.63, 3.8) is 0 Å². The number of aromatic nitrogens is 2. The minimum absolute atomic E-state index is 0.0631. The molecule has 0 bridgehead atoms. The first kappa shape index (κ1) is 13.2. The van der Waals surface area contributed by atoms with E-state index in [9.17, 15) is 0 Å². The summed E-state index contributed by atoms with van der Waals surface area (Å²) in [6.07, 6.45) is 5.22. The van der Waals surface area contributed by atoms with E-state index in [1.54, 1.807) is 0 Å². The van der Waals surface area contributed by atoms with Gasteiger partial charge in [-0.15, -0.1) is 0 Å². The summed E-state index contributed by atoms with van der Waals surface area (Å²) in [6, 6.07) is 10.6. The van der Waals surface area contributed by atoms with E-state index in [4.69, 9.17) is 5.10 Å². The second-order valence-corrected chi connectivity index (χ2v) is 6.31. The maximum atomic E-state index is 4.69. The van der Waals surface area contributed by atoms with Crippen LogP contribution in [0.25, 0.3) is 5.69 Å². The van der Waals surface area contributed by atoms with Crippen LogP contribution in [0.3, 0.4) is 0 Å². The Hall–Kier alpha value is -1.22. The van der Waals surface area contributed by atoms with Crippen LogP contribution in [0.15, 0.2) is 36.5 Å². The largest absolute Gasteiger partial charge is 0.241 e. The normalized spacial score (nSPS) is 11.8. The zero-order chi connectivity index (χ0) is 13.2. The molecule has 0 spiro atoms. The zero-order valence-electron chi connectivity index (χ0n) is 11.5. The lowest BCUT2D eigenvalue weighted by molar-refractivity contribution is 0.717. The summed E-state index contributed by atoms with van der Waals surface area (Å²) >= 11 is 1.82. The Balaban J connectivity index is 2.35. The summed E-state index contributed by atoms with van der Waals surface area (Å²) in [7, 11) is 0. The predicted molar refractivity (Wildman–Crippen MR) is 79.5 cm³/mol. The lowest BCUT2D eigenvalue weighted by Crippen LogP contribution is -2.12. The van der Waals surface area contributed by atoms with E-state index in [-0.39, 0.29) is 4.75 Å². The molecule has 2 rings (SSSR count). The van der Waals surface area contributed by atoms with E-state index in [0.717, 1.165) is 17.8 Å². The van der Waals surface area contributed by atoms with Gasteiger partial charge in [-0.1, -0.05) is 19.1 Å². The van der Waals surface area contributed by atoms with E-state index in [0.29, 0.717) is 0 Å². The van der Waals surface area contributed by atoms with Crippen molar-refractivity contribution in [2.24, 2.45) is 0 Å². The average Bonchev–Trinajstić information content (AvgIpc) is 2.89. The number of rotatable bonds is 4. The molecule has 2 aromatic rings. The Bertz CT molecular complexity index is 529. The molecule has 0 aliphatic carbocycles. The van der Waals surface area contributed by atoms with Gasteiger partial charge in [0.1, 0.15) is 0 Å². The van der Waals surface area contributed by atoms with Crippen molar-refractivity contribution in [1.29, 1.82) is 0 Å². The number of thioether (sulfide) groups is 1. The van der Waals surface area contributed by atoms with Crippen LogP contribution < -0.4 is 0 Å². The van der Waals surface area contributed by atoms with E-state index in [2.05, 4.69) is 57.4 Å². The molecular formula is C15H20N2S. The van der Waals surface area contributed by atoms with Gasteiger partial charge in [0.15, 0.2) is 0 Å². The van der Waals surface area contributed by atoms with Crippen molar-refractivity contribution in [3.8, 4) is 5.69 Å². The Kier molecular flexibility index (Phi) is 3.81. The van der Waals surface area contributed by atoms with Gasteiger partial charge in [-0.3, -0.25) is 0 Å². The fourth-order valence-electron chi connectivity index (χ4n) is 1.81. The van der Waals surface area contributed by atoms with E-state index in [1.165, 1.54) is 5.56 Å². The Labute approximate surface area is 113 Å². The van der Waals surface area contributed by atoms with Crippen LogP contribution in [-0.2, 0) is 11.2 Å². The fourth-order valence-corrected chi connectivity index (χ4v) is 2.13. The summed E-state index contributed by atoms with van der Waals surface area (Å²) < 4.78 is 2.03. The first-order valence-electron chi connectivity index (χ1n) is 6.27. The third-order valence-electron chi connectivity index (χ3n) is 3.30. The molecule has 1 aromatic carbocycles. The molecule has 0 aliphatic rings. The van der Waals surface area contributed by atoms with Crippen molar-refractivity contribution in [1.82, 2.24) is 9.78 Å². The van der Waals surface area contributed by atoms with Crippen LogP contribution >= 0.6 is 11.8 Å². The summed E-state index contributed by atoms with van der Waals surface area (Å²) in [5.74, 6) is 0. The molecule has 3 heteroatoms. The van der Waals surface area contributed by atoms with Gasteiger partial charge in [0.25, 0.3) is 0 Å². The number of hydrogen-bond acceptors (Lipinski definition) is 2. The quantitative estimate of drug-likeness (QED) is 0.826. The second-order valence-electron chi connectivity index (χ2n) is 4.88. The summed E-state index contributed by atoms with van der Waals surface area (Å²) in [6.45, 7) is 6.57. The van der Waals surface area contributed by atoms with Crippen LogP contribution in [0.5, 0.6) is 0 Å². The number of benzene rings is 1. The van der Waals surface area contributed by atoms with Crippen LogP contribution in [0, 0.1) is 0 Å². The first-order valence-corrected chi connectivity index (χ1v) is 7.50. The molecule has 0 N–H and O–H groups in total. The minimum atomic E-state index is 0.0631. The fraction of sp³-hybridized carbons (Fsp3) is 0.400. The van der Waals surface area contributed by atoms with E-state index in [1.807, 2.05) is 22.6 Å². The highest BCUT2D eigenvalue weighted by atomic mass is 32.2. The molecule has 1 heterocycles. The van der Waals surface area contributed by atoms with E-state index >= 15 is 0 Å². The molecule has 0 radical (unpaired) electrons. The maximum absolute atomic E-state index is 4.69. The maximum Gasteiger partial charge on any atom is 0.0783 e. The van der Waals surface area contributed by atoms with Gasteiger partial charge in [-0.25, -0.2) is 4.68 Å². The van der Waals surface area contributed by atoms with Crippen molar-refractivity contribution in [2.45, 2.75) is 31.9 Å². The molecule has 0 saturated carbocycles. The predicted octanol–water partition coefficient (Wildman–Crippen LogP) is 4.03. The molecule has 0 aliphatic heterocycles. The number of hydrogen-bond donors (Lipinski definition) is 0. The van der Waals surface area contributed by atoms with Crippen molar-refractivity contribution < 1.29 is 0 Å². The van der Waals surface area contributed by atoms with Gasteiger partial charge in [0.05, 0.1) is 16.1 Å². The van der Waals surface area contributed by atoms with Crippen LogP contribution in [0.4, 0.5) is 0 Å². The highest BCUT2D eigenvalue weighted by Gasteiger charge is 2.21. The molecule has 0 saturated heterocycles. The summed E-state index contributed by atoms with van der Waals surface area (Å²) in [4.78, 5) is 0. The molecule has 0 atom stereocenters. The molecule has 0 amide bonds. The van der Waals surface area contributed by atoms with Crippen LogP contribution in [0.1, 0.15) is 32.0 Å². The van der Waals surface area contributed by atoms with Gasteiger partial charge >= 0.3 is 0 Å². The second kappa shape index (κ2) is 5.19. The highest BCUT2D eigenvalue weighted by Crippen LogP contribution is 2.32. The smallest absolute Gasteiger partial charge is 0.0783 e. The molecule has 1 aromatic heterocycles. The lowest BCUT2D eigenvalue weighted by atomic mass is 10.1. The zero-order valence-corrected chi connectivity index (χ0v) is 12.3. The molecule has 2 nitrogen and oxygen atoms in total. The first-order chi connectivity index (χ1) is 8.56. The number of aryl methyl sites for hydroxylation is 1. The van der Waals surface area contributed by atoms with Crippen molar-refractivity contribution in [3.05, 3.63) is 47.8 Å². The molecule has 0 unspecified atom stereocenters. The summed E-state index contributed by atoms with van der Waals surface area (Å²) in [5, 5.41) is 4.69. The topological polar surface area (TPSA) is 17.8 Å². The monoisotopic (exact) mass is 260 g/mol. The SMILES string of the molecule is CCc1cccc(-n2ccc(C(C)(C)SC)n2)c1. The van der Waals surface area contributed by atoms with Gasteiger partial charge < -0.3 is 0 Å². The van der Waals surface area contributed by atoms with Crippen LogP contribution in [-0.4, -0.2) is 16.0 Å².